The zero-order chi connectivity index (χ0) is 19.5. The van der Waals surface area contributed by atoms with E-state index in [1.54, 1.807) is 52.0 Å². The number of esters is 1. The molecule has 4 amide bonds. The lowest BCUT2D eigenvalue weighted by molar-refractivity contribution is -0.188. The molecule has 0 radical (unpaired) electrons. The van der Waals surface area contributed by atoms with Gasteiger partial charge in [0.05, 0.1) is 0 Å². The lowest BCUT2D eigenvalue weighted by Crippen LogP contribution is -2.71. The van der Waals surface area contributed by atoms with Crippen LogP contribution < -0.4 is 0 Å². The maximum absolute atomic E-state index is 13.2. The number of carbonyl (C=O) groups excluding carboxylic acids is 4. The number of amides is 4. The highest BCUT2D eigenvalue weighted by Crippen LogP contribution is 2.38. The standard InChI is InChI=1S/C19H24N2O5/c1-5-15(22)26-19(13(4)14-11-9-8-10-12-14)16(23)20(6-2)18(25)21(7-3)17(19)24/h8-13H,5-7H2,1-4H3. The molecule has 140 valence electrons. The number of imide groups is 2. The molecular formula is C19H24N2O5. The van der Waals surface area contributed by atoms with Crippen molar-refractivity contribution in [3.05, 3.63) is 35.9 Å². The molecule has 26 heavy (non-hydrogen) atoms. The lowest BCUT2D eigenvalue weighted by atomic mass is 9.79. The Morgan fingerprint density at radius 2 is 1.50 bits per heavy atom. The zero-order valence-corrected chi connectivity index (χ0v) is 15.5. The number of urea groups is 1. The van der Waals surface area contributed by atoms with Gasteiger partial charge in [-0.25, -0.2) is 4.79 Å². The molecule has 1 fully saturated rings. The van der Waals surface area contributed by atoms with Crippen LogP contribution in [0.2, 0.25) is 0 Å². The average molecular weight is 360 g/mol. The van der Waals surface area contributed by atoms with Gasteiger partial charge in [0.25, 0.3) is 17.4 Å². The fourth-order valence-electron chi connectivity index (χ4n) is 3.14. The maximum Gasteiger partial charge on any atom is 0.333 e. The largest absolute Gasteiger partial charge is 0.438 e. The van der Waals surface area contributed by atoms with E-state index in [-0.39, 0.29) is 19.5 Å². The summed E-state index contributed by atoms with van der Waals surface area (Å²) in [5.74, 6) is -3.01. The van der Waals surface area contributed by atoms with Crippen molar-refractivity contribution in [3.63, 3.8) is 0 Å². The van der Waals surface area contributed by atoms with E-state index < -0.39 is 35.3 Å². The molecule has 0 bridgehead atoms. The van der Waals surface area contributed by atoms with Crippen molar-refractivity contribution in [2.75, 3.05) is 13.1 Å². The van der Waals surface area contributed by atoms with Crippen molar-refractivity contribution in [1.82, 2.24) is 9.80 Å². The van der Waals surface area contributed by atoms with Gasteiger partial charge < -0.3 is 4.74 Å². The van der Waals surface area contributed by atoms with Gasteiger partial charge in [-0.2, -0.15) is 0 Å². The van der Waals surface area contributed by atoms with Crippen LogP contribution in [0.1, 0.15) is 45.6 Å². The van der Waals surface area contributed by atoms with Crippen molar-refractivity contribution in [3.8, 4) is 0 Å². The Balaban J connectivity index is 2.67. The molecule has 1 aromatic carbocycles. The molecular weight excluding hydrogens is 336 g/mol. The third kappa shape index (κ3) is 2.98. The first kappa shape index (κ1) is 19.6. The number of rotatable bonds is 6. The Bertz CT molecular complexity index is 690. The number of ether oxygens (including phenoxy) is 1. The fourth-order valence-corrected chi connectivity index (χ4v) is 3.14. The van der Waals surface area contributed by atoms with Crippen LogP contribution in [0.4, 0.5) is 4.79 Å². The molecule has 2 rings (SSSR count). The number of nitrogens with zero attached hydrogens (tertiary/aromatic N) is 2. The molecule has 1 atom stereocenters. The molecule has 0 aromatic heterocycles. The quantitative estimate of drug-likeness (QED) is 0.574. The highest BCUT2D eigenvalue weighted by molar-refractivity contribution is 6.22. The minimum atomic E-state index is -2.09. The highest BCUT2D eigenvalue weighted by Gasteiger charge is 2.63. The first-order valence-corrected chi connectivity index (χ1v) is 8.79. The van der Waals surface area contributed by atoms with Crippen LogP contribution in [0.5, 0.6) is 0 Å². The summed E-state index contributed by atoms with van der Waals surface area (Å²) >= 11 is 0. The van der Waals surface area contributed by atoms with Gasteiger partial charge in [0.2, 0.25) is 0 Å². The van der Waals surface area contributed by atoms with Crippen LogP contribution in [-0.2, 0) is 19.1 Å². The van der Waals surface area contributed by atoms with Crippen molar-refractivity contribution in [1.29, 1.82) is 0 Å². The molecule has 1 unspecified atom stereocenters. The van der Waals surface area contributed by atoms with Crippen molar-refractivity contribution >= 4 is 23.8 Å². The number of hydrogen-bond acceptors (Lipinski definition) is 5. The summed E-state index contributed by atoms with van der Waals surface area (Å²) in [6, 6.07) is 8.20. The van der Waals surface area contributed by atoms with E-state index in [0.29, 0.717) is 5.56 Å². The van der Waals surface area contributed by atoms with Gasteiger partial charge in [-0.1, -0.05) is 44.2 Å². The normalized spacial score (nSPS) is 18.1. The Kier molecular flexibility index (Phi) is 5.79. The molecule has 7 nitrogen and oxygen atoms in total. The summed E-state index contributed by atoms with van der Waals surface area (Å²) < 4.78 is 5.51. The second-order valence-corrected chi connectivity index (χ2v) is 6.08. The number of likely N-dealkylation sites (N-methyl/N-ethyl adjacent to an activating group) is 2. The first-order chi connectivity index (χ1) is 12.3. The number of hydrogen-bond donors (Lipinski definition) is 0. The fraction of sp³-hybridized carbons (Fsp3) is 0.474. The number of carbonyl (C=O) groups is 4. The van der Waals surface area contributed by atoms with Gasteiger partial charge in [-0.05, 0) is 19.4 Å². The van der Waals surface area contributed by atoms with Crippen LogP contribution in [0, 0.1) is 0 Å². The van der Waals surface area contributed by atoms with Crippen LogP contribution in [0.25, 0.3) is 0 Å². The van der Waals surface area contributed by atoms with E-state index in [1.165, 1.54) is 0 Å². The molecule has 0 saturated carbocycles. The SMILES string of the molecule is CCC(=O)OC1(C(C)c2ccccc2)C(=O)N(CC)C(=O)N(CC)C1=O. The Morgan fingerprint density at radius 3 is 1.92 bits per heavy atom. The molecule has 7 heteroatoms. The van der Waals surface area contributed by atoms with E-state index in [2.05, 4.69) is 0 Å². The second-order valence-electron chi connectivity index (χ2n) is 6.08. The second kappa shape index (κ2) is 7.68. The molecule has 1 heterocycles. The average Bonchev–Trinajstić information content (AvgIpc) is 2.66. The minimum absolute atomic E-state index is 0.00994. The summed E-state index contributed by atoms with van der Waals surface area (Å²) in [5.41, 5.74) is -1.42. The van der Waals surface area contributed by atoms with Gasteiger partial charge in [-0.15, -0.1) is 0 Å². The van der Waals surface area contributed by atoms with Crippen LogP contribution in [-0.4, -0.2) is 52.3 Å². The Labute approximate surface area is 152 Å². The van der Waals surface area contributed by atoms with E-state index in [9.17, 15) is 19.2 Å². The predicted molar refractivity (Wildman–Crippen MR) is 94.1 cm³/mol. The van der Waals surface area contributed by atoms with Crippen LogP contribution >= 0.6 is 0 Å². The van der Waals surface area contributed by atoms with Gasteiger partial charge in [0, 0.05) is 25.4 Å². The zero-order valence-electron chi connectivity index (χ0n) is 15.5. The molecule has 1 saturated heterocycles. The summed E-state index contributed by atoms with van der Waals surface area (Å²) in [4.78, 5) is 53.0. The van der Waals surface area contributed by atoms with E-state index in [1.807, 2.05) is 6.07 Å². The van der Waals surface area contributed by atoms with Gasteiger partial charge >= 0.3 is 12.0 Å². The molecule has 1 aliphatic heterocycles. The third-order valence-electron chi connectivity index (χ3n) is 4.69. The molecule has 1 aliphatic rings. The predicted octanol–water partition coefficient (Wildman–Crippen LogP) is 2.31. The summed E-state index contributed by atoms with van der Waals surface area (Å²) in [7, 11) is 0. The molecule has 0 N–H and O–H groups in total. The van der Waals surface area contributed by atoms with Gasteiger partial charge in [0.15, 0.2) is 0 Å². The summed E-state index contributed by atoms with van der Waals surface area (Å²) in [5, 5.41) is 0. The van der Waals surface area contributed by atoms with Crippen molar-refractivity contribution in [2.24, 2.45) is 0 Å². The molecule has 0 spiro atoms. The lowest BCUT2D eigenvalue weighted by Gasteiger charge is -2.45. The minimum Gasteiger partial charge on any atom is -0.438 e. The van der Waals surface area contributed by atoms with Crippen LogP contribution in [0.3, 0.4) is 0 Å². The summed E-state index contributed by atoms with van der Waals surface area (Å²) in [6.45, 7) is 6.67. The van der Waals surface area contributed by atoms with E-state index in [0.717, 1.165) is 9.80 Å². The topological polar surface area (TPSA) is 84.0 Å². The Morgan fingerprint density at radius 1 is 1.00 bits per heavy atom. The van der Waals surface area contributed by atoms with Gasteiger partial charge in [-0.3, -0.25) is 24.2 Å². The number of barbiturate groups is 1. The molecule has 0 aliphatic carbocycles. The van der Waals surface area contributed by atoms with E-state index >= 15 is 0 Å². The highest BCUT2D eigenvalue weighted by atomic mass is 16.6. The third-order valence-corrected chi connectivity index (χ3v) is 4.69. The monoisotopic (exact) mass is 360 g/mol. The van der Waals surface area contributed by atoms with E-state index in [4.69, 9.17) is 4.74 Å². The first-order valence-electron chi connectivity index (χ1n) is 8.79. The smallest absolute Gasteiger partial charge is 0.333 e. The van der Waals surface area contributed by atoms with Gasteiger partial charge in [0.1, 0.15) is 0 Å². The molecule has 1 aromatic rings. The van der Waals surface area contributed by atoms with Crippen molar-refractivity contribution < 1.29 is 23.9 Å². The number of benzene rings is 1. The van der Waals surface area contributed by atoms with Crippen molar-refractivity contribution in [2.45, 2.75) is 45.6 Å². The van der Waals surface area contributed by atoms with Crippen LogP contribution in [0.15, 0.2) is 30.3 Å². The Hall–Kier alpha value is -2.70. The maximum atomic E-state index is 13.2. The summed E-state index contributed by atoms with van der Waals surface area (Å²) in [6.07, 6.45) is 0.00994.